The zero-order valence-corrected chi connectivity index (χ0v) is 11.9. The monoisotopic (exact) mass is 323 g/mol. The summed E-state index contributed by atoms with van der Waals surface area (Å²) in [4.78, 5) is 4.08. The number of nitrogens with zero attached hydrogens (tertiary/aromatic N) is 2. The summed E-state index contributed by atoms with van der Waals surface area (Å²) in [5, 5.41) is 7.15. The molecule has 6 heteroatoms. The number of aromatic nitrogens is 3. The highest BCUT2D eigenvalue weighted by Gasteiger charge is 2.21. The maximum absolute atomic E-state index is 5.88. The topological polar surface area (TPSA) is 60.0 Å². The van der Waals surface area contributed by atoms with E-state index in [9.17, 15) is 0 Å². The largest absolute Gasteiger partial charge is 0.454 e. The summed E-state index contributed by atoms with van der Waals surface area (Å²) in [5.41, 5.74) is 1.05. The highest BCUT2D eigenvalue weighted by Crippen LogP contribution is 2.34. The Bertz CT molecular complexity index is 552. The number of rotatable bonds is 3. The molecule has 0 spiro atoms. The summed E-state index contributed by atoms with van der Waals surface area (Å²) in [6.07, 6.45) is 5.42. The van der Waals surface area contributed by atoms with Crippen LogP contribution in [0.2, 0.25) is 0 Å². The Morgan fingerprint density at radius 1 is 1.37 bits per heavy atom. The number of hydrogen-bond acceptors (Lipinski definition) is 4. The smallest absolute Gasteiger partial charge is 0.168 e. The van der Waals surface area contributed by atoms with Gasteiger partial charge in [0.05, 0.1) is 11.9 Å². The third-order valence-corrected chi connectivity index (χ3v) is 3.62. The third-order valence-electron chi connectivity index (χ3n) is 3.19. The van der Waals surface area contributed by atoms with Crippen LogP contribution in [0.4, 0.5) is 0 Å². The second-order valence-corrected chi connectivity index (χ2v) is 5.26. The van der Waals surface area contributed by atoms with Crippen molar-refractivity contribution < 1.29 is 9.47 Å². The van der Waals surface area contributed by atoms with Crippen molar-refractivity contribution in [2.24, 2.45) is 0 Å². The maximum atomic E-state index is 5.88. The predicted octanol–water partition coefficient (Wildman–Crippen LogP) is 3.25. The van der Waals surface area contributed by atoms with E-state index in [1.807, 2.05) is 12.1 Å². The van der Waals surface area contributed by atoms with Crippen LogP contribution in [0.3, 0.4) is 0 Å². The van der Waals surface area contributed by atoms with E-state index in [4.69, 9.17) is 9.47 Å². The van der Waals surface area contributed by atoms with Gasteiger partial charge in [-0.1, -0.05) is 0 Å². The van der Waals surface area contributed by atoms with Gasteiger partial charge >= 0.3 is 0 Å². The van der Waals surface area contributed by atoms with E-state index in [1.54, 1.807) is 12.4 Å². The lowest BCUT2D eigenvalue weighted by molar-refractivity contribution is 0.0841. The molecule has 1 N–H and O–H groups in total. The van der Waals surface area contributed by atoms with Gasteiger partial charge in [0.1, 0.15) is 10.4 Å². The number of aromatic amines is 1. The maximum Gasteiger partial charge on any atom is 0.168 e. The summed E-state index contributed by atoms with van der Waals surface area (Å²) in [5.74, 6) is 1.96. The summed E-state index contributed by atoms with van der Waals surface area (Å²) in [6, 6.07) is 3.66. The van der Waals surface area contributed by atoms with Gasteiger partial charge in [0.15, 0.2) is 5.75 Å². The Hall–Kier alpha value is -1.40. The standard InChI is InChI=1S/C13H14BrN3O2/c14-12-7-10(1-4-15-12)19-11-8-16-17-13(11)9-2-5-18-6-3-9/h1,4,7-9H,2-3,5-6H2,(H,16,17). The van der Waals surface area contributed by atoms with Gasteiger partial charge in [0.2, 0.25) is 0 Å². The lowest BCUT2D eigenvalue weighted by Crippen LogP contribution is -2.14. The highest BCUT2D eigenvalue weighted by molar-refractivity contribution is 9.10. The zero-order valence-electron chi connectivity index (χ0n) is 10.3. The Kier molecular flexibility index (Phi) is 3.79. The minimum atomic E-state index is 0.427. The van der Waals surface area contributed by atoms with Crippen molar-refractivity contribution in [1.29, 1.82) is 0 Å². The zero-order chi connectivity index (χ0) is 13.1. The van der Waals surface area contributed by atoms with E-state index in [0.29, 0.717) is 5.92 Å². The van der Waals surface area contributed by atoms with Crippen molar-refractivity contribution in [3.63, 3.8) is 0 Å². The van der Waals surface area contributed by atoms with Crippen molar-refractivity contribution in [1.82, 2.24) is 15.2 Å². The van der Waals surface area contributed by atoms with Gasteiger partial charge < -0.3 is 9.47 Å². The molecule has 5 nitrogen and oxygen atoms in total. The SMILES string of the molecule is Brc1cc(Oc2cn[nH]c2C2CCOCC2)ccn1. The predicted molar refractivity (Wildman–Crippen MR) is 73.4 cm³/mol. The summed E-state index contributed by atoms with van der Waals surface area (Å²) >= 11 is 3.33. The Morgan fingerprint density at radius 2 is 2.21 bits per heavy atom. The van der Waals surface area contributed by atoms with E-state index in [2.05, 4.69) is 31.1 Å². The number of H-pyrrole nitrogens is 1. The van der Waals surface area contributed by atoms with Crippen molar-refractivity contribution in [2.75, 3.05) is 13.2 Å². The average Bonchev–Trinajstić information content (AvgIpc) is 2.88. The van der Waals surface area contributed by atoms with Gasteiger partial charge in [0.25, 0.3) is 0 Å². The van der Waals surface area contributed by atoms with E-state index in [1.165, 1.54) is 0 Å². The molecule has 0 unspecified atom stereocenters. The highest BCUT2D eigenvalue weighted by atomic mass is 79.9. The molecule has 2 aromatic heterocycles. The van der Waals surface area contributed by atoms with Crippen LogP contribution in [0.25, 0.3) is 0 Å². The van der Waals surface area contributed by atoms with Crippen LogP contribution in [0.1, 0.15) is 24.5 Å². The van der Waals surface area contributed by atoms with E-state index in [-0.39, 0.29) is 0 Å². The molecule has 0 saturated carbocycles. The van der Waals surface area contributed by atoms with Crippen LogP contribution in [-0.2, 0) is 4.74 Å². The minimum absolute atomic E-state index is 0.427. The first-order chi connectivity index (χ1) is 9.33. The number of halogens is 1. The van der Waals surface area contributed by atoms with Crippen molar-refractivity contribution >= 4 is 15.9 Å². The van der Waals surface area contributed by atoms with Gasteiger partial charge in [-0.2, -0.15) is 5.10 Å². The molecule has 3 rings (SSSR count). The lowest BCUT2D eigenvalue weighted by atomic mass is 9.96. The molecule has 0 aliphatic carbocycles. The van der Waals surface area contributed by atoms with Gasteiger partial charge in [-0.15, -0.1) is 0 Å². The van der Waals surface area contributed by atoms with Gasteiger partial charge in [0, 0.05) is 31.4 Å². The Balaban J connectivity index is 1.80. The molecule has 19 heavy (non-hydrogen) atoms. The first-order valence-corrected chi connectivity index (χ1v) is 7.02. The van der Waals surface area contributed by atoms with Crippen LogP contribution >= 0.6 is 15.9 Å². The molecule has 2 aromatic rings. The molecule has 0 atom stereocenters. The minimum Gasteiger partial charge on any atom is -0.454 e. The molecule has 0 bridgehead atoms. The number of nitrogens with one attached hydrogen (secondary N) is 1. The number of hydrogen-bond donors (Lipinski definition) is 1. The molecule has 0 amide bonds. The van der Waals surface area contributed by atoms with E-state index >= 15 is 0 Å². The average molecular weight is 324 g/mol. The van der Waals surface area contributed by atoms with Crippen LogP contribution in [0.15, 0.2) is 29.1 Å². The fourth-order valence-electron chi connectivity index (χ4n) is 2.22. The number of ether oxygens (including phenoxy) is 2. The molecular weight excluding hydrogens is 310 g/mol. The molecule has 1 fully saturated rings. The van der Waals surface area contributed by atoms with Crippen molar-refractivity contribution in [2.45, 2.75) is 18.8 Å². The molecule has 1 saturated heterocycles. The van der Waals surface area contributed by atoms with Gasteiger partial charge in [-0.25, -0.2) is 4.98 Å². The van der Waals surface area contributed by atoms with Crippen LogP contribution in [-0.4, -0.2) is 28.4 Å². The normalized spacial score (nSPS) is 16.5. The molecule has 1 aliphatic rings. The summed E-state index contributed by atoms with van der Waals surface area (Å²) in [7, 11) is 0. The molecule has 1 aliphatic heterocycles. The molecule has 3 heterocycles. The Morgan fingerprint density at radius 3 is 3.00 bits per heavy atom. The van der Waals surface area contributed by atoms with E-state index < -0.39 is 0 Å². The lowest BCUT2D eigenvalue weighted by Gasteiger charge is -2.21. The van der Waals surface area contributed by atoms with Crippen LogP contribution < -0.4 is 4.74 Å². The van der Waals surface area contributed by atoms with Crippen LogP contribution in [0, 0.1) is 0 Å². The van der Waals surface area contributed by atoms with Crippen molar-refractivity contribution in [3.05, 3.63) is 34.8 Å². The molecule has 0 radical (unpaired) electrons. The molecular formula is C13H14BrN3O2. The third kappa shape index (κ3) is 2.96. The molecule has 0 aromatic carbocycles. The second-order valence-electron chi connectivity index (χ2n) is 4.45. The van der Waals surface area contributed by atoms with Gasteiger partial charge in [-0.05, 0) is 34.8 Å². The van der Waals surface area contributed by atoms with Crippen molar-refractivity contribution in [3.8, 4) is 11.5 Å². The first kappa shape index (κ1) is 12.6. The van der Waals surface area contributed by atoms with Gasteiger partial charge in [-0.3, -0.25) is 5.10 Å². The number of pyridine rings is 1. The summed E-state index contributed by atoms with van der Waals surface area (Å²) in [6.45, 7) is 1.59. The fraction of sp³-hybridized carbons (Fsp3) is 0.385. The van der Waals surface area contributed by atoms with Crippen LogP contribution in [0.5, 0.6) is 11.5 Å². The second kappa shape index (κ2) is 5.71. The summed E-state index contributed by atoms with van der Waals surface area (Å²) < 4.78 is 12.0. The van der Waals surface area contributed by atoms with E-state index in [0.717, 1.165) is 47.9 Å². The first-order valence-electron chi connectivity index (χ1n) is 6.23. The Labute approximate surface area is 119 Å². The fourth-order valence-corrected chi connectivity index (χ4v) is 2.56. The molecule has 100 valence electrons. The quantitative estimate of drug-likeness (QED) is 0.881.